The van der Waals surface area contributed by atoms with Crippen LogP contribution in [-0.4, -0.2) is 53.6 Å². The van der Waals surface area contributed by atoms with E-state index in [9.17, 15) is 4.79 Å². The summed E-state index contributed by atoms with van der Waals surface area (Å²) in [7, 11) is 0. The zero-order valence-corrected chi connectivity index (χ0v) is 14.6. The first-order valence-electron chi connectivity index (χ1n) is 9.65. The van der Waals surface area contributed by atoms with Crippen molar-refractivity contribution in [3.63, 3.8) is 0 Å². The molecule has 4 atom stereocenters. The summed E-state index contributed by atoms with van der Waals surface area (Å²) in [4.78, 5) is 17.6. The van der Waals surface area contributed by atoms with Gasteiger partial charge in [-0.25, -0.2) is 4.79 Å². The highest BCUT2D eigenvalue weighted by molar-refractivity contribution is 5.75. The summed E-state index contributed by atoms with van der Waals surface area (Å²) >= 11 is 0. The summed E-state index contributed by atoms with van der Waals surface area (Å²) in [6.45, 7) is 7.49. The average molecular weight is 317 g/mol. The van der Waals surface area contributed by atoms with Crippen LogP contribution in [0.1, 0.15) is 52.4 Å². The van der Waals surface area contributed by atoms with E-state index in [1.165, 1.54) is 45.2 Å². The molecule has 3 heterocycles. The third-order valence-electron chi connectivity index (χ3n) is 6.33. The van der Waals surface area contributed by atoms with Crippen molar-refractivity contribution in [3.8, 4) is 0 Å². The van der Waals surface area contributed by atoms with Gasteiger partial charge in [-0.2, -0.15) is 0 Å². The first-order valence-corrected chi connectivity index (χ1v) is 9.65. The second kappa shape index (κ2) is 6.12. The number of hydrogen-bond donors (Lipinski definition) is 1. The molecule has 0 spiro atoms. The van der Waals surface area contributed by atoms with Gasteiger partial charge < -0.3 is 10.2 Å². The summed E-state index contributed by atoms with van der Waals surface area (Å²) in [5, 5.41) is 3.12. The molecule has 3 aliphatic heterocycles. The van der Waals surface area contributed by atoms with E-state index in [1.807, 2.05) is 0 Å². The van der Waals surface area contributed by atoms with Crippen LogP contribution in [0.25, 0.3) is 0 Å². The minimum Gasteiger partial charge on any atom is -0.336 e. The summed E-state index contributed by atoms with van der Waals surface area (Å²) in [6.07, 6.45) is 10.3. The van der Waals surface area contributed by atoms with Crippen molar-refractivity contribution in [1.82, 2.24) is 15.1 Å². The summed E-state index contributed by atoms with van der Waals surface area (Å²) in [5.74, 6) is 1.39. The van der Waals surface area contributed by atoms with Crippen LogP contribution in [0.15, 0.2) is 11.6 Å². The lowest BCUT2D eigenvalue weighted by molar-refractivity contribution is 0.00776. The van der Waals surface area contributed by atoms with Crippen molar-refractivity contribution >= 4 is 6.03 Å². The van der Waals surface area contributed by atoms with Crippen LogP contribution in [0, 0.1) is 11.8 Å². The Hall–Kier alpha value is -1.03. The Bertz CT molecular complexity index is 501. The van der Waals surface area contributed by atoms with Gasteiger partial charge in [0.15, 0.2) is 0 Å². The zero-order valence-electron chi connectivity index (χ0n) is 14.6. The first kappa shape index (κ1) is 15.5. The zero-order chi connectivity index (χ0) is 16.0. The molecule has 0 aromatic heterocycles. The van der Waals surface area contributed by atoms with Gasteiger partial charge in [-0.1, -0.05) is 18.1 Å². The Kier molecular flexibility index (Phi) is 4.12. The molecule has 23 heavy (non-hydrogen) atoms. The molecule has 0 aromatic rings. The molecule has 1 aliphatic carbocycles. The number of carbonyl (C=O) groups excluding carboxylic acids is 1. The fourth-order valence-electron chi connectivity index (χ4n) is 5.53. The van der Waals surface area contributed by atoms with Crippen LogP contribution in [0.2, 0.25) is 0 Å². The SMILES string of the molecule is CC(C)NC(=O)N1CCCC2=C[C@H]3C[C@@H](CN4CCCC[C@H]34)[C@H]21. The largest absolute Gasteiger partial charge is 0.336 e. The lowest BCUT2D eigenvalue weighted by atomic mass is 9.68. The fourth-order valence-corrected chi connectivity index (χ4v) is 5.53. The predicted molar refractivity (Wildman–Crippen MR) is 92.3 cm³/mol. The maximum Gasteiger partial charge on any atom is 0.318 e. The highest BCUT2D eigenvalue weighted by Crippen LogP contribution is 2.44. The van der Waals surface area contributed by atoms with E-state index in [-0.39, 0.29) is 12.1 Å². The lowest BCUT2D eigenvalue weighted by Gasteiger charge is -2.54. The van der Waals surface area contributed by atoms with Gasteiger partial charge in [0.2, 0.25) is 0 Å². The van der Waals surface area contributed by atoms with Gasteiger partial charge in [-0.05, 0) is 64.3 Å². The van der Waals surface area contributed by atoms with E-state index in [1.54, 1.807) is 5.57 Å². The number of carbonyl (C=O) groups is 1. The quantitative estimate of drug-likeness (QED) is 0.755. The van der Waals surface area contributed by atoms with Crippen molar-refractivity contribution < 1.29 is 4.79 Å². The monoisotopic (exact) mass is 317 g/mol. The number of nitrogens with one attached hydrogen (secondary N) is 1. The number of likely N-dealkylation sites (tertiary alicyclic amines) is 1. The van der Waals surface area contributed by atoms with Gasteiger partial charge in [-0.15, -0.1) is 0 Å². The molecule has 4 heteroatoms. The second-order valence-electron chi connectivity index (χ2n) is 8.31. The van der Waals surface area contributed by atoms with Gasteiger partial charge in [0.05, 0.1) is 6.04 Å². The first-order chi connectivity index (χ1) is 11.1. The van der Waals surface area contributed by atoms with Crippen LogP contribution in [0.4, 0.5) is 4.79 Å². The molecule has 3 fully saturated rings. The molecule has 0 unspecified atom stereocenters. The number of piperidine rings is 3. The van der Waals surface area contributed by atoms with E-state index in [4.69, 9.17) is 0 Å². The average Bonchev–Trinajstić information content (AvgIpc) is 2.54. The molecule has 4 aliphatic rings. The van der Waals surface area contributed by atoms with Gasteiger partial charge in [-0.3, -0.25) is 4.90 Å². The Morgan fingerprint density at radius 2 is 2.13 bits per heavy atom. The molecular formula is C19H31N3O. The molecule has 128 valence electrons. The molecule has 0 radical (unpaired) electrons. The molecule has 3 saturated heterocycles. The second-order valence-corrected chi connectivity index (χ2v) is 8.31. The minimum atomic E-state index is 0.148. The van der Waals surface area contributed by atoms with Crippen LogP contribution < -0.4 is 5.32 Å². The van der Waals surface area contributed by atoms with Gasteiger partial charge in [0.1, 0.15) is 0 Å². The molecule has 2 amide bonds. The van der Waals surface area contributed by atoms with Gasteiger partial charge in [0.25, 0.3) is 0 Å². The number of hydrogen-bond acceptors (Lipinski definition) is 2. The van der Waals surface area contributed by atoms with E-state index in [0.29, 0.717) is 12.0 Å². The van der Waals surface area contributed by atoms with E-state index in [2.05, 4.69) is 35.0 Å². The highest BCUT2D eigenvalue weighted by Gasteiger charge is 2.46. The lowest BCUT2D eigenvalue weighted by Crippen LogP contribution is -2.61. The summed E-state index contributed by atoms with van der Waals surface area (Å²) < 4.78 is 0. The normalized spacial score (nSPS) is 37.0. The van der Waals surface area contributed by atoms with E-state index >= 15 is 0 Å². The molecule has 4 rings (SSSR count). The van der Waals surface area contributed by atoms with Crippen molar-refractivity contribution in [2.75, 3.05) is 19.6 Å². The maximum absolute atomic E-state index is 12.7. The highest BCUT2D eigenvalue weighted by atomic mass is 16.2. The number of rotatable bonds is 1. The topological polar surface area (TPSA) is 35.6 Å². The molecular weight excluding hydrogens is 286 g/mol. The van der Waals surface area contributed by atoms with Gasteiger partial charge >= 0.3 is 6.03 Å². The smallest absolute Gasteiger partial charge is 0.318 e. The van der Waals surface area contributed by atoms with E-state index < -0.39 is 0 Å². The number of fused-ring (bicyclic) bond motifs is 6. The number of amides is 2. The Labute approximate surface area is 140 Å². The van der Waals surface area contributed by atoms with Gasteiger partial charge in [0, 0.05) is 25.2 Å². The summed E-state index contributed by atoms with van der Waals surface area (Å²) in [6, 6.07) is 1.51. The number of urea groups is 1. The third kappa shape index (κ3) is 2.79. The van der Waals surface area contributed by atoms with Crippen LogP contribution in [0.3, 0.4) is 0 Å². The Morgan fingerprint density at radius 3 is 2.96 bits per heavy atom. The van der Waals surface area contributed by atoms with Crippen molar-refractivity contribution in [2.45, 2.75) is 70.5 Å². The van der Waals surface area contributed by atoms with Crippen molar-refractivity contribution in [2.24, 2.45) is 11.8 Å². The minimum absolute atomic E-state index is 0.148. The van der Waals surface area contributed by atoms with Crippen LogP contribution >= 0.6 is 0 Å². The summed E-state index contributed by atoms with van der Waals surface area (Å²) in [5.41, 5.74) is 1.57. The fraction of sp³-hybridized carbons (Fsp3) is 0.842. The van der Waals surface area contributed by atoms with Crippen LogP contribution in [-0.2, 0) is 0 Å². The molecule has 2 bridgehead atoms. The Morgan fingerprint density at radius 1 is 1.26 bits per heavy atom. The molecule has 0 aromatic carbocycles. The third-order valence-corrected chi connectivity index (χ3v) is 6.33. The van der Waals surface area contributed by atoms with Crippen molar-refractivity contribution in [3.05, 3.63) is 11.6 Å². The predicted octanol–water partition coefficient (Wildman–Crippen LogP) is 3.00. The standard InChI is InChI=1S/C19H31N3O/c1-13(2)20-19(23)22-9-5-6-14-10-15-11-16(18(14)22)12-21-8-4-3-7-17(15)21/h10,13,15-18H,3-9,11-12H2,1-2H3,(H,20,23)/t15-,16-,17+,18-/m0/s1. The maximum atomic E-state index is 12.7. The molecule has 1 N–H and O–H groups in total. The molecule has 0 saturated carbocycles. The van der Waals surface area contributed by atoms with Crippen molar-refractivity contribution in [1.29, 1.82) is 0 Å². The van der Waals surface area contributed by atoms with Crippen LogP contribution in [0.5, 0.6) is 0 Å². The molecule has 4 nitrogen and oxygen atoms in total. The van der Waals surface area contributed by atoms with E-state index in [0.717, 1.165) is 24.9 Å². The number of nitrogens with zero attached hydrogens (tertiary/aromatic N) is 2. The Balaban J connectivity index is 1.59.